The number of piperidine rings is 1. The summed E-state index contributed by atoms with van der Waals surface area (Å²) in [5.41, 5.74) is 9.17. The molecule has 162 valence electrons. The number of hydrogen-bond acceptors (Lipinski definition) is 7. The van der Waals surface area contributed by atoms with Crippen molar-refractivity contribution in [3.63, 3.8) is 0 Å². The van der Waals surface area contributed by atoms with Gasteiger partial charge >= 0.3 is 0 Å². The molecular weight excluding hydrogens is 406 g/mol. The van der Waals surface area contributed by atoms with Crippen LogP contribution in [-0.2, 0) is 23.3 Å². The van der Waals surface area contributed by atoms with Crippen molar-refractivity contribution in [3.8, 4) is 10.6 Å². The molecule has 3 aromatic rings. The van der Waals surface area contributed by atoms with Crippen LogP contribution in [0.2, 0.25) is 0 Å². The first-order valence-corrected chi connectivity index (χ1v) is 11.9. The van der Waals surface area contributed by atoms with Crippen LogP contribution in [0.25, 0.3) is 10.6 Å². The van der Waals surface area contributed by atoms with Gasteiger partial charge < -0.3 is 10.5 Å². The molecule has 1 spiro atoms. The predicted molar refractivity (Wildman–Crippen MR) is 124 cm³/mol. The number of ether oxygens (including phenoxy) is 1. The molecule has 2 aliphatic rings. The summed E-state index contributed by atoms with van der Waals surface area (Å²) in [5.74, 6) is 1.83. The molecule has 0 amide bonds. The predicted octanol–water partition coefficient (Wildman–Crippen LogP) is 4.37. The highest BCUT2D eigenvalue weighted by molar-refractivity contribution is 7.15. The fourth-order valence-electron chi connectivity index (χ4n) is 4.63. The van der Waals surface area contributed by atoms with Crippen molar-refractivity contribution in [3.05, 3.63) is 58.5 Å². The van der Waals surface area contributed by atoms with Crippen LogP contribution in [0, 0.1) is 0 Å². The van der Waals surface area contributed by atoms with E-state index in [1.807, 2.05) is 41.8 Å². The molecule has 31 heavy (non-hydrogen) atoms. The fourth-order valence-corrected chi connectivity index (χ4v) is 5.83. The molecule has 3 aromatic heterocycles. The minimum atomic E-state index is -0.173. The first-order valence-electron chi connectivity index (χ1n) is 11.1. The lowest BCUT2D eigenvalue weighted by Crippen LogP contribution is -2.46. The standard InChI is InChI=1S/C24H29N5OS/c1-16(2)23-26-10-6-17(27-23)15-29-11-8-24(9-12-29)18-14-21(31-20(18)7-13-30-24)19-4-3-5-22(25)28-19/h3-6,10,14,16H,7-9,11-13,15H2,1-2H3,(H2,25,28). The third-order valence-electron chi connectivity index (χ3n) is 6.33. The van der Waals surface area contributed by atoms with Crippen molar-refractivity contribution >= 4 is 17.2 Å². The number of thiophene rings is 1. The normalized spacial score (nSPS) is 18.4. The molecule has 0 aliphatic carbocycles. The van der Waals surface area contributed by atoms with Gasteiger partial charge in [0.05, 0.1) is 28.5 Å². The maximum atomic E-state index is 6.46. The van der Waals surface area contributed by atoms with Crippen LogP contribution >= 0.6 is 11.3 Å². The van der Waals surface area contributed by atoms with Gasteiger partial charge in [-0.05, 0) is 42.7 Å². The molecule has 7 heteroatoms. The van der Waals surface area contributed by atoms with E-state index in [0.717, 1.165) is 62.7 Å². The zero-order valence-corrected chi connectivity index (χ0v) is 19.0. The van der Waals surface area contributed by atoms with Gasteiger partial charge in [-0.15, -0.1) is 11.3 Å². The van der Waals surface area contributed by atoms with E-state index in [2.05, 4.69) is 34.8 Å². The Morgan fingerprint density at radius 1 is 1.19 bits per heavy atom. The van der Waals surface area contributed by atoms with Crippen molar-refractivity contribution in [2.75, 3.05) is 25.4 Å². The maximum absolute atomic E-state index is 6.46. The summed E-state index contributed by atoms with van der Waals surface area (Å²) in [6.07, 6.45) is 4.87. The Hall–Kier alpha value is -2.35. The Bertz CT molecular complexity index is 1070. The summed E-state index contributed by atoms with van der Waals surface area (Å²) in [5, 5.41) is 0. The Morgan fingerprint density at radius 3 is 2.81 bits per heavy atom. The van der Waals surface area contributed by atoms with Crippen LogP contribution < -0.4 is 5.73 Å². The second kappa shape index (κ2) is 8.30. The van der Waals surface area contributed by atoms with Crippen LogP contribution in [0.3, 0.4) is 0 Å². The molecule has 0 aromatic carbocycles. The van der Waals surface area contributed by atoms with Gasteiger partial charge in [-0.1, -0.05) is 19.9 Å². The van der Waals surface area contributed by atoms with Gasteiger partial charge in [0.2, 0.25) is 0 Å². The lowest BCUT2D eigenvalue weighted by Gasteiger charge is -2.44. The number of aromatic nitrogens is 3. The largest absolute Gasteiger partial charge is 0.384 e. The molecular formula is C24H29N5OS. The number of pyridine rings is 1. The van der Waals surface area contributed by atoms with Gasteiger partial charge in [0.1, 0.15) is 11.6 Å². The number of likely N-dealkylation sites (tertiary alicyclic amines) is 1. The molecule has 2 N–H and O–H groups in total. The van der Waals surface area contributed by atoms with E-state index in [-0.39, 0.29) is 5.60 Å². The Balaban J connectivity index is 1.33. The van der Waals surface area contributed by atoms with Gasteiger partial charge in [0.15, 0.2) is 0 Å². The SMILES string of the molecule is CC(C)c1nccc(CN2CCC3(CC2)OCCc2sc(-c4cccc(N)n4)cc23)n1. The van der Waals surface area contributed by atoms with Crippen LogP contribution in [0.1, 0.15) is 54.6 Å². The summed E-state index contributed by atoms with van der Waals surface area (Å²) in [6, 6.07) is 10.2. The van der Waals surface area contributed by atoms with Crippen LogP contribution in [0.15, 0.2) is 36.5 Å². The highest BCUT2D eigenvalue weighted by Crippen LogP contribution is 2.46. The van der Waals surface area contributed by atoms with Crippen molar-refractivity contribution in [1.29, 1.82) is 0 Å². The van der Waals surface area contributed by atoms with Crippen molar-refractivity contribution in [1.82, 2.24) is 19.9 Å². The second-order valence-corrected chi connectivity index (χ2v) is 9.96. The maximum Gasteiger partial charge on any atom is 0.131 e. The van der Waals surface area contributed by atoms with E-state index < -0.39 is 0 Å². The summed E-state index contributed by atoms with van der Waals surface area (Å²) in [7, 11) is 0. The lowest BCUT2D eigenvalue weighted by atomic mass is 9.82. The van der Waals surface area contributed by atoms with E-state index in [9.17, 15) is 0 Å². The summed E-state index contributed by atoms with van der Waals surface area (Å²) in [4.78, 5) is 18.8. The molecule has 0 bridgehead atoms. The number of rotatable bonds is 4. The van der Waals surface area contributed by atoms with Gasteiger partial charge in [-0.3, -0.25) is 4.90 Å². The minimum Gasteiger partial charge on any atom is -0.384 e. The molecule has 6 nitrogen and oxygen atoms in total. The van der Waals surface area contributed by atoms with Gasteiger partial charge in [-0.2, -0.15) is 0 Å². The van der Waals surface area contributed by atoms with Crippen LogP contribution in [0.5, 0.6) is 0 Å². The number of anilines is 1. The zero-order valence-electron chi connectivity index (χ0n) is 18.2. The van der Waals surface area contributed by atoms with E-state index >= 15 is 0 Å². The number of nitrogen functional groups attached to an aromatic ring is 1. The summed E-state index contributed by atoms with van der Waals surface area (Å²) in [6.45, 7) is 7.94. The summed E-state index contributed by atoms with van der Waals surface area (Å²) >= 11 is 1.84. The molecule has 0 radical (unpaired) electrons. The Labute approximate surface area is 187 Å². The van der Waals surface area contributed by atoms with E-state index in [4.69, 9.17) is 15.5 Å². The third-order valence-corrected chi connectivity index (χ3v) is 7.55. The van der Waals surface area contributed by atoms with E-state index in [1.165, 1.54) is 15.3 Å². The van der Waals surface area contributed by atoms with Gasteiger partial charge in [0, 0.05) is 43.0 Å². The highest BCUT2D eigenvalue weighted by Gasteiger charge is 2.42. The van der Waals surface area contributed by atoms with Crippen molar-refractivity contribution in [2.45, 2.75) is 51.2 Å². The Morgan fingerprint density at radius 2 is 2.03 bits per heavy atom. The van der Waals surface area contributed by atoms with Crippen molar-refractivity contribution < 1.29 is 4.74 Å². The summed E-state index contributed by atoms with van der Waals surface area (Å²) < 4.78 is 6.46. The van der Waals surface area contributed by atoms with E-state index in [0.29, 0.717) is 11.7 Å². The molecule has 5 heterocycles. The van der Waals surface area contributed by atoms with Gasteiger partial charge in [0.25, 0.3) is 0 Å². The molecule has 2 aliphatic heterocycles. The smallest absolute Gasteiger partial charge is 0.131 e. The van der Waals surface area contributed by atoms with E-state index in [1.54, 1.807) is 0 Å². The molecule has 0 atom stereocenters. The minimum absolute atomic E-state index is 0.173. The lowest BCUT2D eigenvalue weighted by molar-refractivity contribution is -0.0981. The first-order chi connectivity index (χ1) is 15.0. The molecule has 1 saturated heterocycles. The first kappa shape index (κ1) is 20.5. The number of nitrogens with zero attached hydrogens (tertiary/aromatic N) is 4. The van der Waals surface area contributed by atoms with Gasteiger partial charge in [-0.25, -0.2) is 15.0 Å². The highest BCUT2D eigenvalue weighted by atomic mass is 32.1. The topological polar surface area (TPSA) is 77.2 Å². The fraction of sp³-hybridized carbons (Fsp3) is 0.458. The monoisotopic (exact) mass is 435 g/mol. The van der Waals surface area contributed by atoms with Crippen molar-refractivity contribution in [2.24, 2.45) is 0 Å². The third kappa shape index (κ3) is 4.10. The van der Waals surface area contributed by atoms with Crippen LogP contribution in [-0.4, -0.2) is 39.5 Å². The zero-order chi connectivity index (χ0) is 21.4. The molecule has 1 fully saturated rings. The Kier molecular flexibility index (Phi) is 5.50. The number of hydrogen-bond donors (Lipinski definition) is 1. The molecule has 5 rings (SSSR count). The molecule has 0 saturated carbocycles. The average molecular weight is 436 g/mol. The van der Waals surface area contributed by atoms with Crippen LogP contribution in [0.4, 0.5) is 5.82 Å². The molecule has 0 unspecified atom stereocenters. The number of fused-ring (bicyclic) bond motifs is 2. The number of nitrogens with two attached hydrogens (primary N) is 1. The second-order valence-electron chi connectivity index (χ2n) is 8.82. The quantitative estimate of drug-likeness (QED) is 0.656. The average Bonchev–Trinajstić information content (AvgIpc) is 3.22.